The quantitative estimate of drug-likeness (QED) is 0.671. The van der Waals surface area contributed by atoms with Crippen LogP contribution in [0.2, 0.25) is 0 Å². The van der Waals surface area contributed by atoms with Gasteiger partial charge in [0.05, 0.1) is 12.8 Å². The van der Waals surface area contributed by atoms with Gasteiger partial charge in [-0.2, -0.15) is 0 Å². The van der Waals surface area contributed by atoms with Gasteiger partial charge in [-0.25, -0.2) is 0 Å². The van der Waals surface area contributed by atoms with Crippen LogP contribution < -0.4 is 0 Å². The number of carbonyl (C=O) groups excluding carboxylic acids is 1. The first-order valence-corrected chi connectivity index (χ1v) is 6.87. The summed E-state index contributed by atoms with van der Waals surface area (Å²) in [5.41, 5.74) is 1.84. The molecule has 4 heteroatoms. The molecular weight excluding hydrogens is 266 g/mol. The first-order valence-electron chi connectivity index (χ1n) is 6.87. The smallest absolute Gasteiger partial charge is 0.211 e. The van der Waals surface area contributed by atoms with Gasteiger partial charge in [0.25, 0.3) is 0 Å². The van der Waals surface area contributed by atoms with E-state index in [2.05, 4.69) is 0 Å². The minimum absolute atomic E-state index is 0.0187. The van der Waals surface area contributed by atoms with Crippen LogP contribution in [0, 0.1) is 6.92 Å². The van der Waals surface area contributed by atoms with Gasteiger partial charge in [-0.05, 0) is 32.2 Å². The van der Waals surface area contributed by atoms with E-state index in [1.54, 1.807) is 12.3 Å². The van der Waals surface area contributed by atoms with Crippen molar-refractivity contribution >= 4 is 16.8 Å². The molecule has 0 amide bonds. The third-order valence-corrected chi connectivity index (χ3v) is 3.52. The lowest BCUT2D eigenvalue weighted by atomic mass is 10.2. The highest BCUT2D eigenvalue weighted by atomic mass is 16.3. The van der Waals surface area contributed by atoms with Crippen LogP contribution in [0.3, 0.4) is 0 Å². The van der Waals surface area contributed by atoms with Crippen LogP contribution in [0.15, 0.2) is 51.5 Å². The molecule has 0 saturated carbocycles. The number of likely N-dealkylation sites (N-methyl/N-ethyl adjacent to an activating group) is 1. The maximum Gasteiger partial charge on any atom is 0.211 e. The molecule has 0 unspecified atom stereocenters. The van der Waals surface area contributed by atoms with E-state index in [4.69, 9.17) is 8.83 Å². The summed E-state index contributed by atoms with van der Waals surface area (Å²) in [7, 11) is 1.91. The molecule has 21 heavy (non-hydrogen) atoms. The summed E-state index contributed by atoms with van der Waals surface area (Å²) in [5.74, 6) is 1.28. The molecule has 1 aromatic carbocycles. The molecule has 4 nitrogen and oxygen atoms in total. The van der Waals surface area contributed by atoms with Crippen LogP contribution in [0.4, 0.5) is 0 Å². The number of ketones is 1. The van der Waals surface area contributed by atoms with Gasteiger partial charge < -0.3 is 8.83 Å². The van der Waals surface area contributed by atoms with Gasteiger partial charge >= 0.3 is 0 Å². The molecule has 3 aromatic rings. The summed E-state index contributed by atoms with van der Waals surface area (Å²) in [6.07, 6.45) is 1.67. The Morgan fingerprint density at radius 3 is 2.76 bits per heavy atom. The number of furan rings is 2. The third kappa shape index (κ3) is 2.90. The average Bonchev–Trinajstić information content (AvgIpc) is 3.05. The molecule has 0 spiro atoms. The van der Waals surface area contributed by atoms with Crippen molar-refractivity contribution in [1.29, 1.82) is 0 Å². The Kier molecular flexibility index (Phi) is 3.62. The van der Waals surface area contributed by atoms with E-state index in [1.807, 2.05) is 49.2 Å². The van der Waals surface area contributed by atoms with E-state index >= 15 is 0 Å². The number of rotatable bonds is 5. The van der Waals surface area contributed by atoms with Crippen LogP contribution in [0.25, 0.3) is 11.0 Å². The number of nitrogens with zero attached hydrogens (tertiary/aromatic N) is 1. The van der Waals surface area contributed by atoms with Crippen molar-refractivity contribution in [3.63, 3.8) is 0 Å². The molecule has 0 N–H and O–H groups in total. The largest absolute Gasteiger partial charge is 0.469 e. The van der Waals surface area contributed by atoms with Gasteiger partial charge in [0.2, 0.25) is 5.78 Å². The second kappa shape index (κ2) is 5.58. The number of para-hydroxylation sites is 1. The number of hydrogen-bond donors (Lipinski definition) is 0. The maximum atomic E-state index is 12.3. The molecule has 0 aliphatic carbocycles. The maximum absolute atomic E-state index is 12.3. The van der Waals surface area contributed by atoms with E-state index in [1.165, 1.54) is 0 Å². The van der Waals surface area contributed by atoms with Crippen LogP contribution in [-0.4, -0.2) is 24.3 Å². The summed E-state index contributed by atoms with van der Waals surface area (Å²) in [4.78, 5) is 14.2. The second-order valence-corrected chi connectivity index (χ2v) is 5.25. The molecule has 0 atom stereocenters. The average molecular weight is 283 g/mol. The zero-order valence-electron chi connectivity index (χ0n) is 12.1. The fourth-order valence-corrected chi connectivity index (χ4v) is 2.36. The summed E-state index contributed by atoms with van der Waals surface area (Å²) in [5, 5.41) is 0.953. The van der Waals surface area contributed by atoms with Gasteiger partial charge in [0.15, 0.2) is 5.76 Å². The molecule has 0 aliphatic heterocycles. The summed E-state index contributed by atoms with van der Waals surface area (Å²) >= 11 is 0. The lowest BCUT2D eigenvalue weighted by Gasteiger charge is -2.14. The molecule has 108 valence electrons. The Morgan fingerprint density at radius 1 is 1.24 bits per heavy atom. The zero-order valence-corrected chi connectivity index (χ0v) is 12.1. The van der Waals surface area contributed by atoms with Crippen molar-refractivity contribution in [2.24, 2.45) is 0 Å². The van der Waals surface area contributed by atoms with Crippen LogP contribution >= 0.6 is 0 Å². The molecule has 0 fully saturated rings. The van der Waals surface area contributed by atoms with Crippen molar-refractivity contribution in [2.75, 3.05) is 13.6 Å². The predicted molar refractivity (Wildman–Crippen MR) is 80.3 cm³/mol. The van der Waals surface area contributed by atoms with Crippen molar-refractivity contribution < 1.29 is 13.6 Å². The third-order valence-electron chi connectivity index (χ3n) is 3.52. The van der Waals surface area contributed by atoms with Crippen molar-refractivity contribution in [2.45, 2.75) is 13.5 Å². The van der Waals surface area contributed by atoms with E-state index in [9.17, 15) is 4.79 Å². The highest BCUT2D eigenvalue weighted by Crippen LogP contribution is 2.19. The first kappa shape index (κ1) is 13.6. The summed E-state index contributed by atoms with van der Waals surface area (Å²) < 4.78 is 10.9. The lowest BCUT2D eigenvalue weighted by Crippen LogP contribution is -2.25. The first-order chi connectivity index (χ1) is 10.1. The molecule has 0 radical (unpaired) electrons. The fraction of sp³-hybridized carbons (Fsp3) is 0.235. The van der Waals surface area contributed by atoms with Gasteiger partial charge in [-0.3, -0.25) is 9.69 Å². The van der Waals surface area contributed by atoms with Crippen molar-refractivity contribution in [1.82, 2.24) is 4.90 Å². The Balaban J connectivity index is 1.69. The fourth-order valence-electron chi connectivity index (χ4n) is 2.36. The Hall–Kier alpha value is -2.33. The van der Waals surface area contributed by atoms with Crippen LogP contribution in [0.1, 0.15) is 21.9 Å². The number of fused-ring (bicyclic) bond motifs is 1. The lowest BCUT2D eigenvalue weighted by molar-refractivity contribution is 0.0917. The minimum Gasteiger partial charge on any atom is -0.469 e. The van der Waals surface area contributed by atoms with Gasteiger partial charge in [0, 0.05) is 17.5 Å². The molecular formula is C17H17NO3. The summed E-state index contributed by atoms with van der Waals surface area (Å²) in [6, 6.07) is 11.4. The second-order valence-electron chi connectivity index (χ2n) is 5.25. The highest BCUT2D eigenvalue weighted by molar-refractivity contribution is 5.98. The number of benzene rings is 1. The summed E-state index contributed by atoms with van der Waals surface area (Å²) in [6.45, 7) is 2.91. The number of carbonyl (C=O) groups is 1. The number of aryl methyl sites for hydroxylation is 1. The van der Waals surface area contributed by atoms with Gasteiger partial charge in [-0.1, -0.05) is 18.2 Å². The Labute approximate surface area is 123 Å². The zero-order chi connectivity index (χ0) is 14.8. The van der Waals surface area contributed by atoms with E-state index in [-0.39, 0.29) is 5.78 Å². The van der Waals surface area contributed by atoms with Crippen molar-refractivity contribution in [3.8, 4) is 0 Å². The van der Waals surface area contributed by atoms with Crippen molar-refractivity contribution in [3.05, 3.63) is 59.7 Å². The highest BCUT2D eigenvalue weighted by Gasteiger charge is 2.15. The van der Waals surface area contributed by atoms with Gasteiger partial charge in [0.1, 0.15) is 11.3 Å². The molecule has 3 rings (SSSR count). The minimum atomic E-state index is -0.0187. The Bertz CT molecular complexity index is 736. The number of hydrogen-bond acceptors (Lipinski definition) is 4. The molecule has 0 saturated heterocycles. The normalized spacial score (nSPS) is 11.4. The standard InChI is InChI=1S/C17H17NO3/c1-12-14(7-8-20-12)10-18(2)11-15(19)17-9-13-5-3-4-6-16(13)21-17/h3-9H,10-11H2,1-2H3. The topological polar surface area (TPSA) is 46.6 Å². The molecule has 0 bridgehead atoms. The molecule has 2 heterocycles. The Morgan fingerprint density at radius 2 is 2.05 bits per heavy atom. The van der Waals surface area contributed by atoms with E-state index in [0.717, 1.165) is 22.3 Å². The predicted octanol–water partition coefficient (Wildman–Crippen LogP) is 3.65. The molecule has 0 aliphatic rings. The monoisotopic (exact) mass is 283 g/mol. The number of Topliss-reactive ketones (excluding diaryl/α,β-unsaturated/α-hetero) is 1. The van der Waals surface area contributed by atoms with E-state index in [0.29, 0.717) is 18.8 Å². The van der Waals surface area contributed by atoms with Gasteiger partial charge in [-0.15, -0.1) is 0 Å². The van der Waals surface area contributed by atoms with E-state index < -0.39 is 0 Å². The van der Waals surface area contributed by atoms with Crippen LogP contribution in [0.5, 0.6) is 0 Å². The van der Waals surface area contributed by atoms with Crippen LogP contribution in [-0.2, 0) is 6.54 Å². The SMILES string of the molecule is Cc1occc1CN(C)CC(=O)c1cc2ccccc2o1. The molecule has 2 aromatic heterocycles.